The van der Waals surface area contributed by atoms with Gasteiger partial charge in [-0.2, -0.15) is 0 Å². The van der Waals surface area contributed by atoms with E-state index in [1.165, 1.54) is 38.5 Å². The molecule has 3 unspecified atom stereocenters. The van der Waals surface area contributed by atoms with Crippen molar-refractivity contribution in [3.8, 4) is 0 Å². The van der Waals surface area contributed by atoms with Gasteiger partial charge in [0.15, 0.2) is 0 Å². The van der Waals surface area contributed by atoms with Crippen molar-refractivity contribution < 1.29 is 0 Å². The van der Waals surface area contributed by atoms with E-state index in [2.05, 4.69) is 34.6 Å². The van der Waals surface area contributed by atoms with E-state index in [1.807, 2.05) is 0 Å². The van der Waals surface area contributed by atoms with Crippen molar-refractivity contribution in [3.05, 3.63) is 6.92 Å². The third-order valence-corrected chi connectivity index (χ3v) is 2.98. The van der Waals surface area contributed by atoms with Crippen LogP contribution in [0.1, 0.15) is 66.2 Å². The van der Waals surface area contributed by atoms with Crippen LogP contribution >= 0.6 is 0 Å². The van der Waals surface area contributed by atoms with Crippen LogP contribution in [0.4, 0.5) is 0 Å². The van der Waals surface area contributed by atoms with Crippen LogP contribution in [0, 0.1) is 24.7 Å². The van der Waals surface area contributed by atoms with Crippen LogP contribution < -0.4 is 0 Å². The molecule has 0 saturated carbocycles. The Balaban J connectivity index is 3.34. The molecular weight excluding hydrogens is 168 g/mol. The second kappa shape index (κ2) is 8.32. The van der Waals surface area contributed by atoms with Gasteiger partial charge in [-0.25, -0.2) is 0 Å². The van der Waals surface area contributed by atoms with E-state index in [-0.39, 0.29) is 0 Å². The summed E-state index contributed by atoms with van der Waals surface area (Å²) in [4.78, 5) is 0. The zero-order chi connectivity index (χ0) is 11.0. The monoisotopic (exact) mass is 197 g/mol. The molecule has 0 aliphatic rings. The van der Waals surface area contributed by atoms with E-state index in [4.69, 9.17) is 0 Å². The van der Waals surface area contributed by atoms with E-state index < -0.39 is 0 Å². The highest BCUT2D eigenvalue weighted by Gasteiger charge is 2.06. The molecular formula is C14H29. The van der Waals surface area contributed by atoms with Crippen molar-refractivity contribution in [1.82, 2.24) is 0 Å². The van der Waals surface area contributed by atoms with Crippen molar-refractivity contribution in [3.63, 3.8) is 0 Å². The third-order valence-electron chi connectivity index (χ3n) is 2.98. The maximum Gasteiger partial charge on any atom is -0.0440 e. The number of hydrogen-bond donors (Lipinski definition) is 0. The lowest BCUT2D eigenvalue weighted by atomic mass is 9.91. The molecule has 3 atom stereocenters. The Morgan fingerprint density at radius 3 is 2.00 bits per heavy atom. The first kappa shape index (κ1) is 14.0. The molecule has 1 radical (unpaired) electrons. The second-order valence-electron chi connectivity index (χ2n) is 5.27. The minimum Gasteiger partial charge on any atom is -0.0654 e. The Bertz CT molecular complexity index is 115. The third kappa shape index (κ3) is 8.59. The molecule has 0 spiro atoms. The van der Waals surface area contributed by atoms with Gasteiger partial charge in [-0.3, -0.25) is 0 Å². The van der Waals surface area contributed by atoms with Crippen LogP contribution in [0.5, 0.6) is 0 Å². The van der Waals surface area contributed by atoms with Gasteiger partial charge in [0, 0.05) is 0 Å². The lowest BCUT2D eigenvalue weighted by Gasteiger charge is -2.15. The van der Waals surface area contributed by atoms with Gasteiger partial charge in [0.1, 0.15) is 0 Å². The normalized spacial score (nSPS) is 15.9. The topological polar surface area (TPSA) is 0 Å². The van der Waals surface area contributed by atoms with E-state index in [0.29, 0.717) is 5.92 Å². The van der Waals surface area contributed by atoms with Gasteiger partial charge in [-0.1, -0.05) is 66.7 Å². The van der Waals surface area contributed by atoms with Crippen molar-refractivity contribution in [1.29, 1.82) is 0 Å². The molecule has 0 aromatic heterocycles. The van der Waals surface area contributed by atoms with E-state index in [9.17, 15) is 0 Å². The minimum atomic E-state index is 0.623. The maximum atomic E-state index is 4.05. The maximum absolute atomic E-state index is 4.05. The molecule has 0 aromatic rings. The standard InChI is InChI=1S/C14H29/c1-6-8-13(4)9-7-10-14(5)11-12(2)3/h12-14H,2,6-11H2,1,3-5H3. The largest absolute Gasteiger partial charge is 0.0654 e. The molecule has 0 aliphatic heterocycles. The highest BCUT2D eigenvalue weighted by atomic mass is 14.1. The molecule has 0 aromatic carbocycles. The quantitative estimate of drug-likeness (QED) is 0.508. The molecule has 0 nitrogen and oxygen atoms in total. The van der Waals surface area contributed by atoms with E-state index >= 15 is 0 Å². The van der Waals surface area contributed by atoms with Gasteiger partial charge in [0.25, 0.3) is 0 Å². The summed E-state index contributed by atoms with van der Waals surface area (Å²) >= 11 is 0. The van der Waals surface area contributed by atoms with Crippen LogP contribution in [-0.2, 0) is 0 Å². The van der Waals surface area contributed by atoms with Crippen LogP contribution in [0.2, 0.25) is 0 Å². The van der Waals surface area contributed by atoms with Crippen LogP contribution in [0.15, 0.2) is 0 Å². The molecule has 0 aliphatic carbocycles. The Kier molecular flexibility index (Phi) is 8.32. The minimum absolute atomic E-state index is 0.623. The first-order chi connectivity index (χ1) is 6.56. The molecule has 0 amide bonds. The molecule has 14 heavy (non-hydrogen) atoms. The predicted octanol–water partition coefficient (Wildman–Crippen LogP) is 5.09. The Morgan fingerprint density at radius 2 is 1.50 bits per heavy atom. The first-order valence-electron chi connectivity index (χ1n) is 6.39. The van der Waals surface area contributed by atoms with Crippen molar-refractivity contribution in [2.45, 2.75) is 66.2 Å². The predicted molar refractivity (Wildman–Crippen MR) is 66.2 cm³/mol. The summed E-state index contributed by atoms with van der Waals surface area (Å²) in [5.41, 5.74) is 0. The van der Waals surface area contributed by atoms with Gasteiger partial charge in [-0.15, -0.1) is 0 Å². The zero-order valence-electron chi connectivity index (χ0n) is 10.7. The van der Waals surface area contributed by atoms with E-state index in [0.717, 1.165) is 11.8 Å². The molecule has 0 heteroatoms. The summed E-state index contributed by atoms with van der Waals surface area (Å²) in [6, 6.07) is 0. The molecule has 0 fully saturated rings. The molecule has 0 heterocycles. The number of rotatable bonds is 8. The van der Waals surface area contributed by atoms with E-state index in [1.54, 1.807) is 0 Å². The highest BCUT2D eigenvalue weighted by Crippen LogP contribution is 2.20. The Morgan fingerprint density at radius 1 is 0.929 bits per heavy atom. The fraction of sp³-hybridized carbons (Fsp3) is 0.929. The lowest BCUT2D eigenvalue weighted by Crippen LogP contribution is -2.02. The van der Waals surface area contributed by atoms with Gasteiger partial charge < -0.3 is 0 Å². The molecule has 0 bridgehead atoms. The second-order valence-corrected chi connectivity index (χ2v) is 5.27. The van der Waals surface area contributed by atoms with Crippen LogP contribution in [0.25, 0.3) is 0 Å². The number of hydrogen-bond acceptors (Lipinski definition) is 0. The summed E-state index contributed by atoms with van der Waals surface area (Å²) in [5.74, 6) is 2.43. The Hall–Kier alpha value is 0. The van der Waals surface area contributed by atoms with Crippen molar-refractivity contribution >= 4 is 0 Å². The van der Waals surface area contributed by atoms with Gasteiger partial charge >= 0.3 is 0 Å². The van der Waals surface area contributed by atoms with Gasteiger partial charge in [-0.05, 0) is 24.2 Å². The van der Waals surface area contributed by atoms with Crippen molar-refractivity contribution in [2.24, 2.45) is 17.8 Å². The summed E-state index contributed by atoms with van der Waals surface area (Å²) in [5, 5.41) is 0. The molecule has 0 rings (SSSR count). The van der Waals surface area contributed by atoms with Gasteiger partial charge in [0.2, 0.25) is 0 Å². The summed E-state index contributed by atoms with van der Waals surface area (Å²) in [6.45, 7) is 13.3. The highest BCUT2D eigenvalue weighted by molar-refractivity contribution is 4.62. The lowest BCUT2D eigenvalue weighted by molar-refractivity contribution is 0.387. The van der Waals surface area contributed by atoms with Crippen LogP contribution in [-0.4, -0.2) is 0 Å². The average Bonchev–Trinajstić information content (AvgIpc) is 2.02. The van der Waals surface area contributed by atoms with Gasteiger partial charge in [0.05, 0.1) is 0 Å². The molecule has 0 saturated heterocycles. The summed E-state index contributed by atoms with van der Waals surface area (Å²) in [7, 11) is 0. The zero-order valence-corrected chi connectivity index (χ0v) is 10.7. The molecule has 0 N–H and O–H groups in total. The van der Waals surface area contributed by atoms with Crippen LogP contribution in [0.3, 0.4) is 0 Å². The summed E-state index contributed by atoms with van der Waals surface area (Å²) in [6.07, 6.45) is 8.27. The average molecular weight is 197 g/mol. The Labute approximate surface area is 91.5 Å². The first-order valence-corrected chi connectivity index (χ1v) is 6.39. The SMILES string of the molecule is [CH2]C(C)CC(C)CCCC(C)CCC. The molecule has 85 valence electrons. The fourth-order valence-corrected chi connectivity index (χ4v) is 2.26. The smallest absolute Gasteiger partial charge is 0.0440 e. The van der Waals surface area contributed by atoms with Crippen molar-refractivity contribution in [2.75, 3.05) is 0 Å². The fourth-order valence-electron chi connectivity index (χ4n) is 2.26. The summed E-state index contributed by atoms with van der Waals surface area (Å²) < 4.78 is 0.